The molecule has 0 spiro atoms. The number of aromatic nitrogens is 1. The van der Waals surface area contributed by atoms with Gasteiger partial charge in [0.15, 0.2) is 0 Å². The molecule has 0 bridgehead atoms. The molecule has 1 aliphatic rings. The van der Waals surface area contributed by atoms with Crippen LogP contribution in [0.2, 0.25) is 0 Å². The van der Waals surface area contributed by atoms with Crippen LogP contribution in [-0.4, -0.2) is 17.6 Å². The smallest absolute Gasteiger partial charge is 0.0892 e. The molecule has 100 valence electrons. The zero-order valence-corrected chi connectivity index (χ0v) is 11.1. The van der Waals surface area contributed by atoms with Gasteiger partial charge in [0.05, 0.1) is 23.9 Å². The molecule has 1 aromatic heterocycles. The van der Waals surface area contributed by atoms with E-state index in [1.165, 1.54) is 18.2 Å². The van der Waals surface area contributed by atoms with E-state index in [9.17, 15) is 0 Å². The number of nitrogens with zero attached hydrogens (tertiary/aromatic N) is 1. The van der Waals surface area contributed by atoms with E-state index in [2.05, 4.69) is 23.2 Å². The summed E-state index contributed by atoms with van der Waals surface area (Å²) in [7, 11) is 0. The van der Waals surface area contributed by atoms with Crippen molar-refractivity contribution in [3.63, 3.8) is 0 Å². The molecule has 3 rings (SSSR count). The number of nitrogens with two attached hydrogens (primary N) is 1. The fourth-order valence-electron chi connectivity index (χ4n) is 2.87. The van der Waals surface area contributed by atoms with Crippen LogP contribution >= 0.6 is 0 Å². The van der Waals surface area contributed by atoms with E-state index >= 15 is 0 Å². The van der Waals surface area contributed by atoms with Gasteiger partial charge in [-0.25, -0.2) is 0 Å². The molecule has 1 fully saturated rings. The third-order valence-electron chi connectivity index (χ3n) is 3.99. The number of ether oxygens (including phenoxy) is 1. The highest BCUT2D eigenvalue weighted by Gasteiger charge is 2.26. The average molecular weight is 256 g/mol. The lowest BCUT2D eigenvalue weighted by atomic mass is 10.1. The summed E-state index contributed by atoms with van der Waals surface area (Å²) in [6.45, 7) is 1.32. The molecule has 2 aromatic rings. The second-order valence-electron chi connectivity index (χ2n) is 5.27. The van der Waals surface area contributed by atoms with Gasteiger partial charge in [0, 0.05) is 5.39 Å². The molecule has 2 N–H and O–H groups in total. The molecule has 1 saturated carbocycles. The molecule has 3 nitrogen and oxygen atoms in total. The van der Waals surface area contributed by atoms with Crippen LogP contribution < -0.4 is 5.73 Å². The van der Waals surface area contributed by atoms with Crippen molar-refractivity contribution in [2.75, 3.05) is 6.54 Å². The molecule has 2 unspecified atom stereocenters. The molecule has 0 radical (unpaired) electrons. The van der Waals surface area contributed by atoms with Gasteiger partial charge in [0.2, 0.25) is 0 Å². The van der Waals surface area contributed by atoms with Gasteiger partial charge in [0.25, 0.3) is 0 Å². The first-order valence-corrected chi connectivity index (χ1v) is 7.03. The summed E-state index contributed by atoms with van der Waals surface area (Å²) in [6, 6.07) is 12.3. The Morgan fingerprint density at radius 3 is 2.95 bits per heavy atom. The summed E-state index contributed by atoms with van der Waals surface area (Å²) in [5.74, 6) is 0.528. The third kappa shape index (κ3) is 2.77. The fraction of sp³-hybridized carbons (Fsp3) is 0.438. The topological polar surface area (TPSA) is 48.1 Å². The number of hydrogen-bond donors (Lipinski definition) is 1. The van der Waals surface area contributed by atoms with Crippen molar-refractivity contribution in [1.29, 1.82) is 0 Å². The maximum Gasteiger partial charge on any atom is 0.0892 e. The molecular weight excluding hydrogens is 236 g/mol. The van der Waals surface area contributed by atoms with Crippen LogP contribution in [0.25, 0.3) is 10.9 Å². The van der Waals surface area contributed by atoms with Gasteiger partial charge in [0.1, 0.15) is 0 Å². The highest BCUT2D eigenvalue weighted by Crippen LogP contribution is 2.28. The van der Waals surface area contributed by atoms with E-state index in [-0.39, 0.29) is 0 Å². The Kier molecular flexibility index (Phi) is 3.76. The van der Waals surface area contributed by atoms with Crippen molar-refractivity contribution < 1.29 is 4.74 Å². The summed E-state index contributed by atoms with van der Waals surface area (Å²) in [6.07, 6.45) is 3.89. The maximum absolute atomic E-state index is 6.00. The molecule has 0 aliphatic heterocycles. The van der Waals surface area contributed by atoms with Gasteiger partial charge >= 0.3 is 0 Å². The fourth-order valence-corrected chi connectivity index (χ4v) is 2.87. The number of benzene rings is 1. The summed E-state index contributed by atoms with van der Waals surface area (Å²) in [5, 5.41) is 1.17. The van der Waals surface area contributed by atoms with E-state index in [0.29, 0.717) is 18.6 Å². The molecule has 0 amide bonds. The minimum Gasteiger partial charge on any atom is -0.372 e. The van der Waals surface area contributed by atoms with Crippen LogP contribution in [0.3, 0.4) is 0 Å². The highest BCUT2D eigenvalue weighted by atomic mass is 16.5. The van der Waals surface area contributed by atoms with E-state index in [1.807, 2.05) is 18.2 Å². The van der Waals surface area contributed by atoms with Crippen LogP contribution in [0.5, 0.6) is 0 Å². The third-order valence-corrected chi connectivity index (χ3v) is 3.99. The Bertz CT molecular complexity index is 555. The van der Waals surface area contributed by atoms with E-state index in [1.54, 1.807) is 0 Å². The monoisotopic (exact) mass is 256 g/mol. The molecule has 1 aromatic carbocycles. The minimum atomic E-state index is 0.318. The SMILES string of the molecule is NCC1CCCC1OCc1ccc2ccccc2n1. The quantitative estimate of drug-likeness (QED) is 0.915. The van der Waals surface area contributed by atoms with Crippen molar-refractivity contribution in [2.24, 2.45) is 11.7 Å². The summed E-state index contributed by atoms with van der Waals surface area (Å²) >= 11 is 0. The van der Waals surface area contributed by atoms with Crippen LogP contribution in [0, 0.1) is 5.92 Å². The lowest BCUT2D eigenvalue weighted by Crippen LogP contribution is -2.25. The normalized spacial score (nSPS) is 23.0. The molecule has 19 heavy (non-hydrogen) atoms. The molecule has 0 saturated heterocycles. The second-order valence-corrected chi connectivity index (χ2v) is 5.27. The Labute approximate surface area is 113 Å². The first kappa shape index (κ1) is 12.6. The summed E-state index contributed by atoms with van der Waals surface area (Å²) in [5.41, 5.74) is 7.81. The van der Waals surface area contributed by atoms with Gasteiger partial charge < -0.3 is 10.5 Å². The van der Waals surface area contributed by atoms with Crippen molar-refractivity contribution in [2.45, 2.75) is 32.0 Å². The van der Waals surface area contributed by atoms with Gasteiger partial charge in [-0.05, 0) is 37.4 Å². The zero-order valence-electron chi connectivity index (χ0n) is 11.1. The van der Waals surface area contributed by atoms with Gasteiger partial charge in [-0.1, -0.05) is 30.7 Å². The Balaban J connectivity index is 1.68. The van der Waals surface area contributed by atoms with Crippen LogP contribution in [0.1, 0.15) is 25.0 Å². The molecule has 1 heterocycles. The van der Waals surface area contributed by atoms with Gasteiger partial charge in [-0.15, -0.1) is 0 Å². The first-order valence-electron chi connectivity index (χ1n) is 7.03. The van der Waals surface area contributed by atoms with E-state index in [0.717, 1.165) is 24.2 Å². The summed E-state index contributed by atoms with van der Waals surface area (Å²) in [4.78, 5) is 4.63. The Hall–Kier alpha value is -1.45. The highest BCUT2D eigenvalue weighted by molar-refractivity contribution is 5.78. The Morgan fingerprint density at radius 1 is 1.16 bits per heavy atom. The predicted molar refractivity (Wildman–Crippen MR) is 76.7 cm³/mol. The maximum atomic E-state index is 6.00. The van der Waals surface area contributed by atoms with E-state index < -0.39 is 0 Å². The largest absolute Gasteiger partial charge is 0.372 e. The predicted octanol–water partition coefficient (Wildman–Crippen LogP) is 2.88. The lowest BCUT2D eigenvalue weighted by molar-refractivity contribution is 0.0167. The van der Waals surface area contributed by atoms with Crippen LogP contribution in [0.15, 0.2) is 36.4 Å². The Morgan fingerprint density at radius 2 is 2.05 bits per heavy atom. The van der Waals surface area contributed by atoms with Crippen molar-refractivity contribution in [3.8, 4) is 0 Å². The molecular formula is C16H20N2O. The van der Waals surface area contributed by atoms with Crippen molar-refractivity contribution in [1.82, 2.24) is 4.98 Å². The second kappa shape index (κ2) is 5.68. The molecule has 1 aliphatic carbocycles. The number of rotatable bonds is 4. The zero-order chi connectivity index (χ0) is 13.1. The number of hydrogen-bond acceptors (Lipinski definition) is 3. The van der Waals surface area contributed by atoms with Crippen molar-refractivity contribution in [3.05, 3.63) is 42.1 Å². The average Bonchev–Trinajstić information content (AvgIpc) is 2.92. The summed E-state index contributed by atoms with van der Waals surface area (Å²) < 4.78 is 6.00. The molecule has 3 heteroatoms. The van der Waals surface area contributed by atoms with Crippen molar-refractivity contribution >= 4 is 10.9 Å². The first-order chi connectivity index (χ1) is 9.36. The van der Waals surface area contributed by atoms with Gasteiger partial charge in [-0.2, -0.15) is 0 Å². The standard InChI is InChI=1S/C16H20N2O/c17-10-13-5-3-7-16(13)19-11-14-9-8-12-4-1-2-6-15(12)18-14/h1-2,4,6,8-9,13,16H,3,5,7,10-11,17H2. The molecule has 2 atom stereocenters. The number of pyridine rings is 1. The number of fused-ring (bicyclic) bond motifs is 1. The van der Waals surface area contributed by atoms with Gasteiger partial charge in [-0.3, -0.25) is 4.98 Å². The van der Waals surface area contributed by atoms with Crippen LogP contribution in [-0.2, 0) is 11.3 Å². The van der Waals surface area contributed by atoms with Crippen LogP contribution in [0.4, 0.5) is 0 Å². The number of para-hydroxylation sites is 1. The van der Waals surface area contributed by atoms with E-state index in [4.69, 9.17) is 10.5 Å². The minimum absolute atomic E-state index is 0.318. The lowest BCUT2D eigenvalue weighted by Gasteiger charge is -2.18.